The first-order chi connectivity index (χ1) is 16.4. The highest BCUT2D eigenvalue weighted by atomic mass is 127. The summed E-state index contributed by atoms with van der Waals surface area (Å²) >= 11 is 7.00. The summed E-state index contributed by atoms with van der Waals surface area (Å²) in [5.41, 5.74) is 0. The van der Waals surface area contributed by atoms with Crippen LogP contribution in [0.15, 0.2) is 112 Å². The molecule has 34 heavy (non-hydrogen) atoms. The van der Waals surface area contributed by atoms with Gasteiger partial charge in [0, 0.05) is 9.49 Å². The minimum Gasteiger partial charge on any atom is -0.455 e. The van der Waals surface area contributed by atoms with E-state index in [0.717, 1.165) is 18.6 Å². The lowest BCUT2D eigenvalue weighted by Gasteiger charge is -2.25. The van der Waals surface area contributed by atoms with Crippen molar-refractivity contribution in [3.05, 3.63) is 108 Å². The molecule has 0 aliphatic rings. The summed E-state index contributed by atoms with van der Waals surface area (Å²) in [4.78, 5) is 3.86. The molecule has 0 spiro atoms. The molecule has 0 heterocycles. The van der Waals surface area contributed by atoms with E-state index in [1.54, 1.807) is 0 Å². The third-order valence-electron chi connectivity index (χ3n) is 5.01. The van der Waals surface area contributed by atoms with Gasteiger partial charge in [-0.15, -0.1) is 0 Å². The van der Waals surface area contributed by atoms with Crippen LogP contribution < -0.4 is 9.47 Å². The van der Waals surface area contributed by atoms with E-state index >= 15 is 0 Å². The van der Waals surface area contributed by atoms with E-state index in [1.165, 1.54) is 18.3 Å². The lowest BCUT2D eigenvalue weighted by molar-refractivity contribution is -0.0309. The monoisotopic (exact) mass is 805 g/mol. The maximum absolute atomic E-state index is 6.37. The summed E-state index contributed by atoms with van der Waals surface area (Å²) in [5.74, 6) is 1.88. The fourth-order valence-electron chi connectivity index (χ4n) is 3.36. The fraction of sp³-hybridized carbons (Fsp3) is 0.143. The molecule has 4 aromatic rings. The number of rotatable bonds is 8. The lowest BCUT2D eigenvalue weighted by atomic mass is 10.2. The van der Waals surface area contributed by atoms with Gasteiger partial charge in [0.25, 0.3) is 0 Å². The Morgan fingerprint density at radius 3 is 1.56 bits per heavy atom. The molecule has 0 amide bonds. The van der Waals surface area contributed by atoms with Crippen molar-refractivity contribution in [1.29, 1.82) is 0 Å². The van der Waals surface area contributed by atoms with Crippen LogP contribution in [0.3, 0.4) is 0 Å². The minimum atomic E-state index is -0.380. The summed E-state index contributed by atoms with van der Waals surface area (Å²) in [6, 6.07) is 34.1. The highest BCUT2D eigenvalue weighted by Gasteiger charge is 2.28. The third-order valence-corrected chi connectivity index (χ3v) is 9.47. The molecule has 0 aliphatic carbocycles. The molecule has 1 unspecified atom stereocenters. The van der Waals surface area contributed by atoms with Crippen LogP contribution in [0.25, 0.3) is 0 Å². The number of hydrogen-bond donors (Lipinski definition) is 0. The van der Waals surface area contributed by atoms with Gasteiger partial charge in [-0.3, -0.25) is 0 Å². The molecule has 0 saturated heterocycles. The molecular weight excluding hydrogens is 781 g/mol. The van der Waals surface area contributed by atoms with E-state index in [0.29, 0.717) is 0 Å². The normalized spacial score (nSPS) is 12.1. The Kier molecular flexibility index (Phi) is 9.45. The fourth-order valence-corrected chi connectivity index (χ4v) is 9.28. The van der Waals surface area contributed by atoms with Gasteiger partial charge >= 0.3 is 0 Å². The Hall–Kier alpha value is -0.980. The van der Waals surface area contributed by atoms with Gasteiger partial charge in [-0.05, 0) is 128 Å². The molecule has 0 radical (unpaired) electrons. The zero-order valence-corrected chi connectivity index (χ0v) is 26.0. The minimum absolute atomic E-state index is 0.174. The number of benzene rings is 4. The Morgan fingerprint density at radius 2 is 1.09 bits per heavy atom. The molecule has 0 aliphatic heterocycles. The summed E-state index contributed by atoms with van der Waals surface area (Å²) in [7, 11) is -0.174. The van der Waals surface area contributed by atoms with Crippen LogP contribution in [0, 0.1) is 16.6 Å². The molecule has 0 N–H and O–H groups in total. The summed E-state index contributed by atoms with van der Waals surface area (Å²) in [5, 5.41) is 0. The first kappa shape index (κ1) is 26.1. The molecule has 6 heteroatoms. The van der Waals surface area contributed by atoms with Crippen molar-refractivity contribution in [2.75, 3.05) is 0 Å². The lowest BCUT2D eigenvalue weighted by Crippen LogP contribution is -2.30. The predicted octanol–water partition coefficient (Wildman–Crippen LogP) is 9.04. The molecule has 174 valence electrons. The first-order valence-electron chi connectivity index (χ1n) is 10.8. The van der Waals surface area contributed by atoms with E-state index in [4.69, 9.17) is 9.47 Å². The number of halogens is 3. The maximum Gasteiger partial charge on any atom is 0.243 e. The molecule has 0 saturated carbocycles. The van der Waals surface area contributed by atoms with Crippen LogP contribution in [-0.4, -0.2) is 6.29 Å². The van der Waals surface area contributed by atoms with Crippen molar-refractivity contribution in [3.63, 3.8) is 0 Å². The van der Waals surface area contributed by atoms with Crippen molar-refractivity contribution in [2.24, 2.45) is 5.92 Å². The standard InChI is InChI=1S/C28H24I3O2S/c1-19(2)28(33-27-25(30)17-20(29)18-26(27)31)32-21-13-15-24(16-14-21)34(22-9-5-3-6-10-22)23-11-7-4-8-12-23/h3-19,28H,1-2H3/q+1. The van der Waals surface area contributed by atoms with Gasteiger partial charge in [0.2, 0.25) is 6.29 Å². The van der Waals surface area contributed by atoms with Gasteiger partial charge in [0.15, 0.2) is 20.4 Å². The molecule has 4 rings (SSSR count). The summed E-state index contributed by atoms with van der Waals surface area (Å²) < 4.78 is 16.1. The molecule has 0 bridgehead atoms. The number of hydrogen-bond acceptors (Lipinski definition) is 2. The SMILES string of the molecule is CC(C)C(Oc1ccc([S+](c2ccccc2)c2ccccc2)cc1)Oc1c(I)cc(I)cc1I. The number of ether oxygens (including phenoxy) is 2. The molecule has 4 aromatic carbocycles. The van der Waals surface area contributed by atoms with Crippen molar-refractivity contribution in [2.45, 2.75) is 34.8 Å². The second-order valence-electron chi connectivity index (χ2n) is 7.95. The van der Waals surface area contributed by atoms with Gasteiger partial charge in [0.05, 0.1) is 18.0 Å². The van der Waals surface area contributed by atoms with Crippen LogP contribution in [0.1, 0.15) is 13.8 Å². The highest BCUT2D eigenvalue weighted by Crippen LogP contribution is 2.34. The topological polar surface area (TPSA) is 18.5 Å². The maximum atomic E-state index is 6.37. The first-order valence-corrected chi connectivity index (χ1v) is 15.3. The average Bonchev–Trinajstić information content (AvgIpc) is 2.83. The van der Waals surface area contributed by atoms with E-state index in [1.807, 2.05) is 0 Å². The van der Waals surface area contributed by atoms with E-state index in [2.05, 4.69) is 179 Å². The van der Waals surface area contributed by atoms with Crippen molar-refractivity contribution in [1.82, 2.24) is 0 Å². The van der Waals surface area contributed by atoms with E-state index in [9.17, 15) is 0 Å². The van der Waals surface area contributed by atoms with Crippen molar-refractivity contribution >= 4 is 78.7 Å². The summed E-state index contributed by atoms with van der Waals surface area (Å²) in [6.45, 7) is 4.24. The Bertz CT molecular complexity index is 1150. The van der Waals surface area contributed by atoms with Gasteiger partial charge in [0.1, 0.15) is 5.75 Å². The Labute approximate surface area is 245 Å². The van der Waals surface area contributed by atoms with E-state index in [-0.39, 0.29) is 23.1 Å². The predicted molar refractivity (Wildman–Crippen MR) is 166 cm³/mol. The van der Waals surface area contributed by atoms with Crippen LogP contribution in [0.5, 0.6) is 11.5 Å². The van der Waals surface area contributed by atoms with Crippen LogP contribution in [0.4, 0.5) is 0 Å². The highest BCUT2D eigenvalue weighted by molar-refractivity contribution is 14.1. The Balaban J connectivity index is 1.58. The smallest absolute Gasteiger partial charge is 0.243 e. The molecule has 0 fully saturated rings. The third kappa shape index (κ3) is 6.61. The largest absolute Gasteiger partial charge is 0.455 e. The summed E-state index contributed by atoms with van der Waals surface area (Å²) in [6.07, 6.45) is -0.380. The molecular formula is C28H24I3O2S+. The zero-order chi connectivity index (χ0) is 24.1. The van der Waals surface area contributed by atoms with Crippen molar-refractivity contribution in [3.8, 4) is 11.5 Å². The quantitative estimate of drug-likeness (QED) is 0.101. The average molecular weight is 805 g/mol. The molecule has 1 atom stereocenters. The van der Waals surface area contributed by atoms with Crippen LogP contribution in [-0.2, 0) is 10.9 Å². The van der Waals surface area contributed by atoms with Crippen LogP contribution >= 0.6 is 67.8 Å². The van der Waals surface area contributed by atoms with Gasteiger partial charge < -0.3 is 9.47 Å². The van der Waals surface area contributed by atoms with Gasteiger partial charge in [-0.2, -0.15) is 0 Å². The van der Waals surface area contributed by atoms with E-state index < -0.39 is 0 Å². The molecule has 0 aromatic heterocycles. The zero-order valence-electron chi connectivity index (χ0n) is 18.8. The van der Waals surface area contributed by atoms with Crippen molar-refractivity contribution < 1.29 is 9.47 Å². The molecule has 2 nitrogen and oxygen atoms in total. The second kappa shape index (κ2) is 12.3. The van der Waals surface area contributed by atoms with Gasteiger partial charge in [-0.1, -0.05) is 50.2 Å². The van der Waals surface area contributed by atoms with Crippen LogP contribution in [0.2, 0.25) is 0 Å². The van der Waals surface area contributed by atoms with Gasteiger partial charge in [-0.25, -0.2) is 0 Å². The Morgan fingerprint density at radius 1 is 0.618 bits per heavy atom. The second-order valence-corrected chi connectivity index (χ2v) is 13.5.